The number of hydrogen-bond acceptors (Lipinski definition) is 6. The van der Waals surface area contributed by atoms with Gasteiger partial charge in [0.05, 0.1) is 24.9 Å². The normalized spacial score (nSPS) is 10.5. The second kappa shape index (κ2) is 7.93. The molecule has 8 heteroatoms. The summed E-state index contributed by atoms with van der Waals surface area (Å²) in [6, 6.07) is 19.4. The number of methoxy groups -OCH3 is 1. The van der Waals surface area contributed by atoms with Crippen molar-refractivity contribution in [3.63, 3.8) is 0 Å². The molecule has 0 atom stereocenters. The molecule has 0 aliphatic heterocycles. The lowest BCUT2D eigenvalue weighted by Gasteiger charge is -2.10. The van der Waals surface area contributed by atoms with E-state index in [-0.39, 0.29) is 16.9 Å². The molecule has 2 heterocycles. The first-order valence-electron chi connectivity index (χ1n) is 9.14. The zero-order valence-corrected chi connectivity index (χ0v) is 16.2. The minimum absolute atomic E-state index is 0.0935. The maximum atomic E-state index is 12.2. The second-order valence-electron chi connectivity index (χ2n) is 6.59. The van der Waals surface area contributed by atoms with E-state index in [4.69, 9.17) is 10.5 Å². The van der Waals surface area contributed by atoms with Crippen LogP contribution in [0.15, 0.2) is 67.1 Å². The maximum absolute atomic E-state index is 12.2. The smallest absolute Gasteiger partial charge is 0.357 e. The van der Waals surface area contributed by atoms with Gasteiger partial charge in [-0.2, -0.15) is 5.26 Å². The van der Waals surface area contributed by atoms with Crippen LogP contribution in [0.4, 0.5) is 5.69 Å². The number of aromatic nitrogens is 4. The molecule has 30 heavy (non-hydrogen) atoms. The Morgan fingerprint density at radius 3 is 2.57 bits per heavy atom. The Labute approximate surface area is 172 Å². The van der Waals surface area contributed by atoms with E-state index in [9.17, 15) is 10.1 Å². The quantitative estimate of drug-likeness (QED) is 0.517. The van der Waals surface area contributed by atoms with E-state index in [1.165, 1.54) is 13.3 Å². The Bertz CT molecular complexity index is 1230. The Balaban J connectivity index is 1.68. The summed E-state index contributed by atoms with van der Waals surface area (Å²) in [5.41, 5.74) is 9.07. The summed E-state index contributed by atoms with van der Waals surface area (Å²) in [4.78, 5) is 12.2. The van der Waals surface area contributed by atoms with Crippen LogP contribution in [-0.2, 0) is 11.3 Å². The first kappa shape index (κ1) is 19.0. The molecule has 8 nitrogen and oxygen atoms in total. The van der Waals surface area contributed by atoms with Gasteiger partial charge in [0, 0.05) is 17.4 Å². The van der Waals surface area contributed by atoms with Gasteiger partial charge < -0.3 is 19.6 Å². The highest BCUT2D eigenvalue weighted by Crippen LogP contribution is 2.26. The Morgan fingerprint density at radius 1 is 1.17 bits per heavy atom. The van der Waals surface area contributed by atoms with Crippen molar-refractivity contribution in [1.82, 2.24) is 19.3 Å². The molecule has 4 rings (SSSR count). The number of benzene rings is 2. The highest BCUT2D eigenvalue weighted by molar-refractivity contribution is 5.96. The standard InChI is InChI=1S/C22H18N6O2/c1-30-22(29)20-19(24)17(11-23)13-28(20)18-9-7-16(8-10-18)21-26-25-14-27(21)12-15-5-3-2-4-6-15/h2-10,13-14H,12,24H2,1H3. The first-order chi connectivity index (χ1) is 14.6. The highest BCUT2D eigenvalue weighted by atomic mass is 16.5. The largest absolute Gasteiger partial charge is 0.464 e. The van der Waals surface area contributed by atoms with Crippen molar-refractivity contribution in [2.45, 2.75) is 6.54 Å². The van der Waals surface area contributed by atoms with Crippen molar-refractivity contribution in [3.8, 4) is 23.1 Å². The predicted octanol–water partition coefficient (Wildman–Crippen LogP) is 3.02. The van der Waals surface area contributed by atoms with Gasteiger partial charge in [-0.05, 0) is 29.8 Å². The van der Waals surface area contributed by atoms with Crippen molar-refractivity contribution in [3.05, 3.63) is 83.9 Å². The van der Waals surface area contributed by atoms with Crippen LogP contribution in [0.25, 0.3) is 17.1 Å². The maximum Gasteiger partial charge on any atom is 0.357 e. The number of ether oxygens (including phenoxy) is 1. The molecule has 0 unspecified atom stereocenters. The molecular formula is C22H18N6O2. The van der Waals surface area contributed by atoms with Crippen LogP contribution in [0.1, 0.15) is 21.6 Å². The zero-order valence-electron chi connectivity index (χ0n) is 16.2. The van der Waals surface area contributed by atoms with E-state index in [1.54, 1.807) is 10.9 Å². The molecule has 2 aromatic heterocycles. The average Bonchev–Trinajstić information content (AvgIpc) is 3.38. The fourth-order valence-electron chi connectivity index (χ4n) is 3.26. The van der Waals surface area contributed by atoms with E-state index in [0.29, 0.717) is 12.2 Å². The van der Waals surface area contributed by atoms with Crippen LogP contribution >= 0.6 is 0 Å². The van der Waals surface area contributed by atoms with Crippen LogP contribution in [-0.4, -0.2) is 32.4 Å². The SMILES string of the molecule is COC(=O)c1c(N)c(C#N)cn1-c1ccc(-c2nncn2Cc2ccccc2)cc1. The molecular weight excluding hydrogens is 380 g/mol. The van der Waals surface area contributed by atoms with Crippen molar-refractivity contribution in [2.75, 3.05) is 12.8 Å². The van der Waals surface area contributed by atoms with Gasteiger partial charge in [-0.1, -0.05) is 30.3 Å². The van der Waals surface area contributed by atoms with Crippen LogP contribution in [0, 0.1) is 11.3 Å². The molecule has 0 fully saturated rings. The van der Waals surface area contributed by atoms with Crippen molar-refractivity contribution < 1.29 is 9.53 Å². The predicted molar refractivity (Wildman–Crippen MR) is 111 cm³/mol. The fraction of sp³-hybridized carbons (Fsp3) is 0.0909. The summed E-state index contributed by atoms with van der Waals surface area (Å²) in [5, 5.41) is 17.6. The molecule has 4 aromatic rings. The number of carbonyl (C=O) groups is 1. The summed E-state index contributed by atoms with van der Waals surface area (Å²) in [7, 11) is 1.27. The summed E-state index contributed by atoms with van der Waals surface area (Å²) >= 11 is 0. The van der Waals surface area contributed by atoms with Gasteiger partial charge in [0.25, 0.3) is 0 Å². The number of carbonyl (C=O) groups excluding carboxylic acids is 1. The van der Waals surface area contributed by atoms with E-state index in [0.717, 1.165) is 17.0 Å². The van der Waals surface area contributed by atoms with Crippen LogP contribution in [0.5, 0.6) is 0 Å². The lowest BCUT2D eigenvalue weighted by atomic mass is 10.1. The summed E-state index contributed by atoms with van der Waals surface area (Å²) in [5.74, 6) is 0.115. The number of esters is 1. The number of nitrogen functional groups attached to an aromatic ring is 1. The van der Waals surface area contributed by atoms with Crippen molar-refractivity contribution in [2.24, 2.45) is 0 Å². The average molecular weight is 398 g/mol. The number of nitrogens with zero attached hydrogens (tertiary/aromatic N) is 5. The third-order valence-electron chi connectivity index (χ3n) is 4.76. The topological polar surface area (TPSA) is 112 Å². The monoisotopic (exact) mass is 398 g/mol. The van der Waals surface area contributed by atoms with Gasteiger partial charge >= 0.3 is 5.97 Å². The summed E-state index contributed by atoms with van der Waals surface area (Å²) in [6.07, 6.45) is 3.21. The van der Waals surface area contributed by atoms with E-state index < -0.39 is 5.97 Å². The van der Waals surface area contributed by atoms with Gasteiger partial charge in [-0.3, -0.25) is 0 Å². The van der Waals surface area contributed by atoms with E-state index in [1.807, 2.05) is 65.2 Å². The fourth-order valence-corrected chi connectivity index (χ4v) is 3.26. The molecule has 2 N–H and O–H groups in total. The first-order valence-corrected chi connectivity index (χ1v) is 9.14. The number of hydrogen-bond donors (Lipinski definition) is 1. The summed E-state index contributed by atoms with van der Waals surface area (Å²) < 4.78 is 8.34. The van der Waals surface area contributed by atoms with Crippen molar-refractivity contribution in [1.29, 1.82) is 5.26 Å². The van der Waals surface area contributed by atoms with Crippen molar-refractivity contribution >= 4 is 11.7 Å². The molecule has 2 aromatic carbocycles. The van der Waals surface area contributed by atoms with Crippen LogP contribution in [0.2, 0.25) is 0 Å². The number of nitrogens with two attached hydrogens (primary N) is 1. The lowest BCUT2D eigenvalue weighted by molar-refractivity contribution is 0.0593. The van der Waals surface area contributed by atoms with Gasteiger partial charge in [-0.25, -0.2) is 4.79 Å². The molecule has 0 aliphatic carbocycles. The zero-order chi connectivity index (χ0) is 21.1. The van der Waals surface area contributed by atoms with Gasteiger partial charge in [-0.15, -0.1) is 10.2 Å². The Hall–Kier alpha value is -4.38. The second-order valence-corrected chi connectivity index (χ2v) is 6.59. The molecule has 148 valence electrons. The molecule has 0 bridgehead atoms. The third-order valence-corrected chi connectivity index (χ3v) is 4.76. The number of rotatable bonds is 5. The van der Waals surface area contributed by atoms with Crippen LogP contribution in [0.3, 0.4) is 0 Å². The van der Waals surface area contributed by atoms with E-state index in [2.05, 4.69) is 10.2 Å². The summed E-state index contributed by atoms with van der Waals surface area (Å²) in [6.45, 7) is 0.650. The molecule has 0 saturated carbocycles. The number of anilines is 1. The number of nitriles is 1. The molecule has 0 amide bonds. The van der Waals surface area contributed by atoms with Crippen LogP contribution < -0.4 is 5.73 Å². The molecule has 0 radical (unpaired) electrons. The highest BCUT2D eigenvalue weighted by Gasteiger charge is 2.21. The van der Waals surface area contributed by atoms with Gasteiger partial charge in [0.15, 0.2) is 11.5 Å². The molecule has 0 saturated heterocycles. The molecule has 0 aliphatic rings. The molecule has 0 spiro atoms. The third kappa shape index (κ3) is 3.40. The van der Waals surface area contributed by atoms with Gasteiger partial charge in [0.2, 0.25) is 0 Å². The van der Waals surface area contributed by atoms with E-state index >= 15 is 0 Å². The Kier molecular flexibility index (Phi) is 5.01. The Morgan fingerprint density at radius 2 is 1.90 bits per heavy atom. The lowest BCUT2D eigenvalue weighted by Crippen LogP contribution is -2.11. The minimum atomic E-state index is -0.610. The minimum Gasteiger partial charge on any atom is -0.464 e. The van der Waals surface area contributed by atoms with Gasteiger partial charge in [0.1, 0.15) is 12.4 Å².